The van der Waals surface area contributed by atoms with E-state index in [1.165, 1.54) is 0 Å². The van der Waals surface area contributed by atoms with E-state index in [1.54, 1.807) is 24.3 Å². The van der Waals surface area contributed by atoms with Crippen LogP contribution in [0.5, 0.6) is 0 Å². The highest BCUT2D eigenvalue weighted by atomic mass is 19.3. The monoisotopic (exact) mass is 282 g/mol. The first-order valence-corrected chi connectivity index (χ1v) is 7.07. The summed E-state index contributed by atoms with van der Waals surface area (Å²) in [4.78, 5) is 11.8. The van der Waals surface area contributed by atoms with Crippen LogP contribution in [0.4, 0.5) is 8.78 Å². The van der Waals surface area contributed by atoms with E-state index in [0.717, 1.165) is 6.92 Å². The molecular weight excluding hydrogens is 262 g/mol. The minimum Gasteiger partial charge on any atom is -0.462 e. The van der Waals surface area contributed by atoms with Crippen LogP contribution in [0.15, 0.2) is 30.3 Å². The van der Waals surface area contributed by atoms with E-state index < -0.39 is 11.8 Å². The Labute approximate surface area is 118 Å². The van der Waals surface area contributed by atoms with Crippen LogP contribution in [0.3, 0.4) is 0 Å². The Morgan fingerprint density at radius 2 is 1.80 bits per heavy atom. The van der Waals surface area contributed by atoms with E-state index in [4.69, 9.17) is 4.74 Å². The molecule has 2 nitrogen and oxygen atoms in total. The smallest absolute Gasteiger partial charge is 0.338 e. The molecule has 0 amide bonds. The summed E-state index contributed by atoms with van der Waals surface area (Å²) in [5.41, 5.74) is 0.529. The Hall–Kier alpha value is -1.45. The Kier molecular flexibility index (Phi) is 4.73. The van der Waals surface area contributed by atoms with Crippen LogP contribution in [-0.2, 0) is 4.74 Å². The van der Waals surface area contributed by atoms with Crippen molar-refractivity contribution in [2.75, 3.05) is 6.61 Å². The molecule has 20 heavy (non-hydrogen) atoms. The number of benzene rings is 1. The second-order valence-corrected chi connectivity index (χ2v) is 5.64. The number of esters is 1. The molecule has 0 aromatic heterocycles. The van der Waals surface area contributed by atoms with Crippen LogP contribution in [0, 0.1) is 11.8 Å². The molecule has 1 fully saturated rings. The summed E-state index contributed by atoms with van der Waals surface area (Å²) >= 11 is 0. The summed E-state index contributed by atoms with van der Waals surface area (Å²) in [7, 11) is 0. The zero-order valence-corrected chi connectivity index (χ0v) is 11.6. The fourth-order valence-electron chi connectivity index (χ4n) is 2.69. The minimum atomic E-state index is -2.59. The molecule has 0 bridgehead atoms. The Bertz CT molecular complexity index is 432. The van der Waals surface area contributed by atoms with Gasteiger partial charge >= 0.3 is 5.97 Å². The van der Waals surface area contributed by atoms with E-state index in [9.17, 15) is 13.6 Å². The molecule has 1 saturated carbocycles. The molecule has 110 valence electrons. The Morgan fingerprint density at radius 3 is 2.35 bits per heavy atom. The molecule has 0 heterocycles. The van der Waals surface area contributed by atoms with Gasteiger partial charge in [0.1, 0.15) is 0 Å². The van der Waals surface area contributed by atoms with Gasteiger partial charge in [0, 0.05) is 5.92 Å². The molecule has 1 aromatic carbocycles. The summed E-state index contributed by atoms with van der Waals surface area (Å²) in [5.74, 6) is -3.25. The number of carbonyl (C=O) groups is 1. The lowest BCUT2D eigenvalue weighted by molar-refractivity contribution is -0.0609. The van der Waals surface area contributed by atoms with Crippen molar-refractivity contribution in [3.05, 3.63) is 35.9 Å². The summed E-state index contributed by atoms with van der Waals surface area (Å²) in [5, 5.41) is 0. The first-order chi connectivity index (χ1) is 9.47. The molecule has 2 rings (SSSR count). The molecule has 0 atom stereocenters. The van der Waals surface area contributed by atoms with Gasteiger partial charge in [-0.05, 0) is 50.7 Å². The van der Waals surface area contributed by atoms with Crippen LogP contribution in [0.2, 0.25) is 0 Å². The number of carbonyl (C=O) groups excluding carboxylic acids is 1. The third-order valence-corrected chi connectivity index (χ3v) is 4.02. The van der Waals surface area contributed by atoms with E-state index in [1.807, 2.05) is 6.07 Å². The highest BCUT2D eigenvalue weighted by Crippen LogP contribution is 2.38. The fourth-order valence-corrected chi connectivity index (χ4v) is 2.69. The molecule has 1 aromatic rings. The van der Waals surface area contributed by atoms with Crippen molar-refractivity contribution in [1.29, 1.82) is 0 Å². The van der Waals surface area contributed by atoms with Crippen molar-refractivity contribution in [2.24, 2.45) is 11.8 Å². The molecule has 0 N–H and O–H groups in total. The molecule has 0 aliphatic heterocycles. The third kappa shape index (κ3) is 4.02. The summed E-state index contributed by atoms with van der Waals surface area (Å²) in [6.07, 6.45) is 2.43. The molecule has 1 aliphatic carbocycles. The lowest BCUT2D eigenvalue weighted by Crippen LogP contribution is -2.30. The Balaban J connectivity index is 1.75. The minimum absolute atomic E-state index is 0.210. The molecule has 0 radical (unpaired) electrons. The van der Waals surface area contributed by atoms with E-state index in [0.29, 0.717) is 37.9 Å². The van der Waals surface area contributed by atoms with Crippen LogP contribution in [-0.4, -0.2) is 18.5 Å². The van der Waals surface area contributed by atoms with Gasteiger partial charge in [-0.2, -0.15) is 0 Å². The number of hydrogen-bond acceptors (Lipinski definition) is 2. The van der Waals surface area contributed by atoms with Crippen molar-refractivity contribution in [3.63, 3.8) is 0 Å². The first kappa shape index (κ1) is 14.9. The second kappa shape index (κ2) is 6.33. The third-order valence-electron chi connectivity index (χ3n) is 4.02. The van der Waals surface area contributed by atoms with Gasteiger partial charge in [0.05, 0.1) is 12.2 Å². The maximum atomic E-state index is 13.2. The predicted octanol–water partition coefficient (Wildman–Crippen LogP) is 4.31. The Morgan fingerprint density at radius 1 is 1.20 bits per heavy atom. The van der Waals surface area contributed by atoms with Crippen LogP contribution < -0.4 is 0 Å². The van der Waals surface area contributed by atoms with Gasteiger partial charge in [0.15, 0.2) is 0 Å². The van der Waals surface area contributed by atoms with Gasteiger partial charge in [0.2, 0.25) is 5.92 Å². The number of ether oxygens (including phenoxy) is 1. The lowest BCUT2D eigenvalue weighted by atomic mass is 9.80. The van der Waals surface area contributed by atoms with Crippen molar-refractivity contribution >= 4 is 5.97 Å². The van der Waals surface area contributed by atoms with Gasteiger partial charge in [-0.3, -0.25) is 0 Å². The van der Waals surface area contributed by atoms with Crippen molar-refractivity contribution in [3.8, 4) is 0 Å². The van der Waals surface area contributed by atoms with E-state index in [2.05, 4.69) is 0 Å². The summed E-state index contributed by atoms with van der Waals surface area (Å²) in [6.45, 7) is 1.32. The quantitative estimate of drug-likeness (QED) is 0.769. The normalized spacial score (nSPS) is 23.4. The molecule has 0 unspecified atom stereocenters. The highest BCUT2D eigenvalue weighted by molar-refractivity contribution is 5.89. The average Bonchev–Trinajstić information content (AvgIpc) is 2.45. The van der Waals surface area contributed by atoms with Gasteiger partial charge in [-0.25, -0.2) is 13.6 Å². The fraction of sp³-hybridized carbons (Fsp3) is 0.562. The van der Waals surface area contributed by atoms with Gasteiger partial charge in [0.25, 0.3) is 0 Å². The number of alkyl halides is 2. The van der Waals surface area contributed by atoms with Crippen molar-refractivity contribution in [2.45, 2.75) is 38.5 Å². The second-order valence-electron chi connectivity index (χ2n) is 5.64. The van der Waals surface area contributed by atoms with Crippen LogP contribution in [0.1, 0.15) is 43.0 Å². The summed E-state index contributed by atoms with van der Waals surface area (Å²) < 4.78 is 31.6. The zero-order valence-electron chi connectivity index (χ0n) is 11.6. The number of halogens is 2. The first-order valence-electron chi connectivity index (χ1n) is 7.07. The maximum absolute atomic E-state index is 13.2. The zero-order chi connectivity index (χ0) is 14.6. The average molecular weight is 282 g/mol. The van der Waals surface area contributed by atoms with Crippen LogP contribution >= 0.6 is 0 Å². The molecular formula is C16H20F2O2. The molecule has 0 spiro atoms. The molecule has 0 saturated heterocycles. The van der Waals surface area contributed by atoms with E-state index in [-0.39, 0.29) is 11.9 Å². The van der Waals surface area contributed by atoms with Gasteiger partial charge in [-0.15, -0.1) is 0 Å². The van der Waals surface area contributed by atoms with Crippen molar-refractivity contribution in [1.82, 2.24) is 0 Å². The highest BCUT2D eigenvalue weighted by Gasteiger charge is 2.36. The molecule has 1 aliphatic rings. The van der Waals surface area contributed by atoms with Crippen molar-refractivity contribution < 1.29 is 18.3 Å². The lowest BCUT2D eigenvalue weighted by Gasteiger charge is -2.31. The number of rotatable bonds is 4. The SMILES string of the molecule is CC(F)(F)C1CCC(COC(=O)c2ccccc2)CC1. The summed E-state index contributed by atoms with van der Waals surface area (Å²) in [6, 6.07) is 8.81. The largest absolute Gasteiger partial charge is 0.462 e. The predicted molar refractivity (Wildman–Crippen MR) is 72.8 cm³/mol. The van der Waals surface area contributed by atoms with Crippen LogP contribution in [0.25, 0.3) is 0 Å². The maximum Gasteiger partial charge on any atom is 0.338 e. The number of hydrogen-bond donors (Lipinski definition) is 0. The topological polar surface area (TPSA) is 26.3 Å². The molecule has 4 heteroatoms. The van der Waals surface area contributed by atoms with Gasteiger partial charge in [-0.1, -0.05) is 18.2 Å². The van der Waals surface area contributed by atoms with E-state index >= 15 is 0 Å². The standard InChI is InChI=1S/C16H20F2O2/c1-16(17,18)14-9-7-12(8-10-14)11-20-15(19)13-5-3-2-4-6-13/h2-6,12,14H,7-11H2,1H3. The van der Waals surface area contributed by atoms with Gasteiger partial charge < -0.3 is 4.74 Å².